The van der Waals surface area contributed by atoms with Gasteiger partial charge in [-0.1, -0.05) is 67.1 Å². The molecule has 0 aromatic heterocycles. The van der Waals surface area contributed by atoms with Gasteiger partial charge in [-0.25, -0.2) is 0 Å². The number of rotatable bonds is 27. The van der Waals surface area contributed by atoms with Crippen molar-refractivity contribution in [2.75, 3.05) is 77.8 Å². The number of halogens is 2. The number of carboxylic acid groups (broad SMARTS) is 1. The SMILES string of the molecule is C=C1CCC(=O)N1CCC.CC(Cc1ccc(NC(=O)c2c(Cl)cccc2Cl)cc1)NC(=O)C1(CCNC(=O)CCOCCOCCOCCOCCNC=O)CC=CCC1.O=CO. The van der Waals surface area contributed by atoms with Gasteiger partial charge in [0.05, 0.1) is 73.9 Å². The van der Waals surface area contributed by atoms with E-state index >= 15 is 0 Å². The fraction of sp³-hybridized carbons (Fsp3) is 0.522. The highest BCUT2D eigenvalue weighted by atomic mass is 35.5. The monoisotopic (exact) mass is 933 g/mol. The van der Waals surface area contributed by atoms with E-state index < -0.39 is 11.3 Å². The van der Waals surface area contributed by atoms with Crippen LogP contribution >= 0.6 is 23.2 Å². The van der Waals surface area contributed by atoms with Crippen LogP contribution in [0.15, 0.2) is 66.9 Å². The van der Waals surface area contributed by atoms with Crippen molar-refractivity contribution in [2.24, 2.45) is 5.41 Å². The second-order valence-electron chi connectivity index (χ2n) is 14.9. The van der Waals surface area contributed by atoms with Crippen LogP contribution in [0, 0.1) is 5.41 Å². The topological polar surface area (TPSA) is 211 Å². The molecule has 64 heavy (non-hydrogen) atoms. The van der Waals surface area contributed by atoms with Gasteiger partial charge in [-0.15, -0.1) is 0 Å². The summed E-state index contributed by atoms with van der Waals surface area (Å²) < 4.78 is 21.6. The van der Waals surface area contributed by atoms with E-state index in [1.165, 1.54) is 0 Å². The van der Waals surface area contributed by atoms with Crippen LogP contribution in [0.4, 0.5) is 5.69 Å². The van der Waals surface area contributed by atoms with Crippen molar-refractivity contribution in [3.63, 3.8) is 0 Å². The summed E-state index contributed by atoms with van der Waals surface area (Å²) in [6, 6.07) is 12.2. The molecule has 2 aromatic rings. The molecular formula is C46H65Cl2N5O11. The first kappa shape index (κ1) is 55.3. The Hall–Kier alpha value is -4.84. The van der Waals surface area contributed by atoms with E-state index in [4.69, 9.17) is 52.1 Å². The molecule has 16 nitrogen and oxygen atoms in total. The van der Waals surface area contributed by atoms with Gasteiger partial charge in [-0.3, -0.25) is 28.8 Å². The number of amides is 5. The summed E-state index contributed by atoms with van der Waals surface area (Å²) in [5, 5.41) is 18.9. The van der Waals surface area contributed by atoms with Crippen molar-refractivity contribution < 1.29 is 52.8 Å². The molecule has 0 radical (unpaired) electrons. The molecule has 2 aromatic carbocycles. The lowest BCUT2D eigenvalue weighted by molar-refractivity contribution is -0.133. The highest BCUT2D eigenvalue weighted by molar-refractivity contribution is 6.40. The number of nitrogens with one attached hydrogen (secondary N) is 4. The molecule has 2 unspecified atom stereocenters. The predicted molar refractivity (Wildman–Crippen MR) is 246 cm³/mol. The number of hydrogen-bond acceptors (Lipinski definition) is 10. The largest absolute Gasteiger partial charge is 0.483 e. The normalized spacial score (nSPS) is 15.8. The molecular weight excluding hydrogens is 869 g/mol. The number of nitrogens with zero attached hydrogens (tertiary/aromatic N) is 1. The maximum absolute atomic E-state index is 13.6. The van der Waals surface area contributed by atoms with Crippen molar-refractivity contribution in [1.82, 2.24) is 20.9 Å². The Labute approximate surface area is 386 Å². The summed E-state index contributed by atoms with van der Waals surface area (Å²) in [6.07, 6.45) is 10.8. The van der Waals surface area contributed by atoms with Gasteiger partial charge in [0, 0.05) is 49.9 Å². The van der Waals surface area contributed by atoms with Crippen LogP contribution in [0.3, 0.4) is 0 Å². The van der Waals surface area contributed by atoms with Crippen LogP contribution in [-0.4, -0.2) is 125 Å². The Bertz CT molecular complexity index is 1750. The molecule has 2 aliphatic rings. The number of carbonyl (C=O) groups excluding carboxylic acids is 5. The molecule has 18 heteroatoms. The van der Waals surface area contributed by atoms with Gasteiger partial charge in [0.15, 0.2) is 0 Å². The van der Waals surface area contributed by atoms with E-state index in [-0.39, 0.29) is 58.9 Å². The Morgan fingerprint density at radius 1 is 0.891 bits per heavy atom. The summed E-state index contributed by atoms with van der Waals surface area (Å²) in [6.45, 7) is 12.5. The van der Waals surface area contributed by atoms with Gasteiger partial charge >= 0.3 is 0 Å². The van der Waals surface area contributed by atoms with E-state index in [2.05, 4.69) is 40.8 Å². The molecule has 1 heterocycles. The van der Waals surface area contributed by atoms with Crippen LogP contribution in [0.25, 0.3) is 0 Å². The third kappa shape index (κ3) is 21.7. The predicted octanol–water partition coefficient (Wildman–Crippen LogP) is 5.96. The first-order chi connectivity index (χ1) is 30.9. The van der Waals surface area contributed by atoms with Crippen molar-refractivity contribution in [3.05, 3.63) is 88.1 Å². The third-order valence-electron chi connectivity index (χ3n) is 10.0. The second-order valence-corrected chi connectivity index (χ2v) is 15.7. The summed E-state index contributed by atoms with van der Waals surface area (Å²) in [5.74, 6) is -0.290. The van der Waals surface area contributed by atoms with Crippen LogP contribution in [-0.2, 0) is 49.3 Å². The smallest absolute Gasteiger partial charge is 0.290 e. The fourth-order valence-corrected chi connectivity index (χ4v) is 7.27. The van der Waals surface area contributed by atoms with Crippen LogP contribution in [0.1, 0.15) is 81.1 Å². The zero-order chi connectivity index (χ0) is 47.0. The molecule has 1 saturated heterocycles. The van der Waals surface area contributed by atoms with Crippen molar-refractivity contribution in [3.8, 4) is 0 Å². The highest BCUT2D eigenvalue weighted by Crippen LogP contribution is 2.36. The lowest BCUT2D eigenvalue weighted by Crippen LogP contribution is -2.47. The number of allylic oxidation sites excluding steroid dienone is 3. The lowest BCUT2D eigenvalue weighted by Gasteiger charge is -2.35. The van der Waals surface area contributed by atoms with E-state index in [1.54, 1.807) is 35.2 Å². The van der Waals surface area contributed by atoms with Crippen molar-refractivity contribution in [1.29, 1.82) is 0 Å². The number of likely N-dealkylation sites (tertiary alicyclic amines) is 1. The maximum Gasteiger partial charge on any atom is 0.290 e. The Morgan fingerprint density at radius 3 is 2.05 bits per heavy atom. The van der Waals surface area contributed by atoms with Crippen LogP contribution in [0.2, 0.25) is 10.0 Å². The minimum atomic E-state index is -0.594. The molecule has 5 amide bonds. The van der Waals surface area contributed by atoms with Gasteiger partial charge in [0.2, 0.25) is 24.1 Å². The quantitative estimate of drug-likeness (QED) is 0.0401. The Balaban J connectivity index is 0.000000931. The summed E-state index contributed by atoms with van der Waals surface area (Å²) >= 11 is 12.3. The number of anilines is 1. The minimum Gasteiger partial charge on any atom is -0.483 e. The molecule has 1 aliphatic carbocycles. The first-order valence-electron chi connectivity index (χ1n) is 21.5. The molecule has 1 fully saturated rings. The molecule has 5 N–H and O–H groups in total. The molecule has 1 aliphatic heterocycles. The molecule has 0 saturated carbocycles. The molecule has 0 bridgehead atoms. The zero-order valence-electron chi connectivity index (χ0n) is 37.0. The number of benzene rings is 2. The van der Waals surface area contributed by atoms with E-state index in [9.17, 15) is 24.0 Å². The second kappa shape index (κ2) is 32.8. The standard InChI is InChI=1S/C37H50Cl2N4O8.C8H13NO.CH2O2/c1-28(26-29-8-10-30(11-9-29)43-35(46)34-31(38)6-5-7-32(34)39)42-36(47)37(13-3-2-4-14-37)15-16-41-33(45)12-18-48-20-22-50-24-25-51-23-21-49-19-17-40-27-44;1-3-6-9-7(2)4-5-8(9)10;2-1-3/h2-3,5-11,27-28H,4,12-26H2,1H3,(H,40,44)(H,41,45)(H,42,47)(H,43,46);2-6H2,1H3;1H,(H,2,3). The number of hydrogen-bond donors (Lipinski definition) is 5. The molecule has 2 atom stereocenters. The van der Waals surface area contributed by atoms with E-state index in [0.717, 1.165) is 37.1 Å². The third-order valence-corrected chi connectivity index (χ3v) is 10.6. The van der Waals surface area contributed by atoms with Gasteiger partial charge in [-0.05, 0) is 81.7 Å². The summed E-state index contributed by atoms with van der Waals surface area (Å²) in [7, 11) is 0. The number of carbonyl (C=O) groups is 6. The van der Waals surface area contributed by atoms with E-state index in [1.807, 2.05) is 25.1 Å². The van der Waals surface area contributed by atoms with Gasteiger partial charge in [-0.2, -0.15) is 0 Å². The lowest BCUT2D eigenvalue weighted by atomic mass is 9.73. The fourth-order valence-electron chi connectivity index (χ4n) is 6.70. The van der Waals surface area contributed by atoms with Crippen LogP contribution < -0.4 is 21.3 Å². The Morgan fingerprint density at radius 2 is 1.50 bits per heavy atom. The molecule has 4 rings (SSSR count). The maximum atomic E-state index is 13.6. The van der Waals surface area contributed by atoms with Gasteiger partial charge in [0.1, 0.15) is 0 Å². The van der Waals surface area contributed by atoms with Gasteiger partial charge < -0.3 is 50.2 Å². The van der Waals surface area contributed by atoms with Crippen molar-refractivity contribution in [2.45, 2.75) is 77.7 Å². The number of ether oxygens (including phenoxy) is 4. The van der Waals surface area contributed by atoms with E-state index in [0.29, 0.717) is 104 Å². The average molecular weight is 935 g/mol. The zero-order valence-corrected chi connectivity index (χ0v) is 38.5. The van der Waals surface area contributed by atoms with Crippen molar-refractivity contribution >= 4 is 65.4 Å². The summed E-state index contributed by atoms with van der Waals surface area (Å²) in [5.41, 5.74) is 2.23. The average Bonchev–Trinajstić information content (AvgIpc) is 3.59. The summed E-state index contributed by atoms with van der Waals surface area (Å²) in [4.78, 5) is 70.1. The first-order valence-corrected chi connectivity index (χ1v) is 22.3. The molecule has 354 valence electrons. The Kier molecular flexibility index (Phi) is 28.3. The highest BCUT2D eigenvalue weighted by Gasteiger charge is 2.38. The molecule has 0 spiro atoms. The van der Waals surface area contributed by atoms with Crippen LogP contribution in [0.5, 0.6) is 0 Å². The minimum absolute atomic E-state index is 0.0141. The van der Waals surface area contributed by atoms with Gasteiger partial charge in [0.25, 0.3) is 12.4 Å².